The monoisotopic (exact) mass is 1030 g/mol. The highest BCUT2D eigenvalue weighted by atomic mass is 16.5. The fraction of sp³-hybridized carbons (Fsp3) is 0.638. The number of nitrogens with one attached hydrogen (secondary N) is 8. The molecule has 0 saturated carbocycles. The van der Waals surface area contributed by atoms with Gasteiger partial charge in [-0.05, 0) is 76.0 Å². The largest absolute Gasteiger partial charge is 0.508 e. The number of aromatic hydroxyl groups is 1. The molecule has 2 fully saturated rings. The quantitative estimate of drug-likeness (QED) is 0.0357. The Bertz CT molecular complexity index is 2190. The van der Waals surface area contributed by atoms with Crippen molar-refractivity contribution >= 4 is 65.1 Å². The first-order valence-electron chi connectivity index (χ1n) is 24.0. The number of nitrogens with two attached hydrogens (primary N) is 2. The van der Waals surface area contributed by atoms with Crippen LogP contribution in [0.15, 0.2) is 24.3 Å². The standard InChI is InChI=1S/C47H74N12O14/c1-21(2)20-30-44(69)59(9)31(17-18-32(48)62)40(65)57-36(37(72-10)27-13-15-28(61)16-14-27)45(70)58(8)24(5)46(71)73-26(7)35(56-41(66)33-22(3)23(4)38(63)54-33)43(68)55-34(25(6)60)42(67)52-29(39(64)53-30)12-11-19-51-47(49)50/h13-16,21-26,29-31,33-37,60-61H,11-12,17-20H2,1-10H3,(H2,48,62)(H,52,67)(H,53,64)(H,54,63)(H,55,68)(H,56,66)(H,57,65)(H4,49,50,51)/t22-,23+,24-,25+,26+,29+,30-,31-,33-,34-,35-,36?,37?/m0/s1. The molecule has 2 saturated heterocycles. The summed E-state index contributed by atoms with van der Waals surface area (Å²) in [7, 11) is 3.67. The molecule has 26 heteroatoms. The van der Waals surface area contributed by atoms with Crippen molar-refractivity contribution in [2.24, 2.45) is 29.2 Å². The second kappa shape index (κ2) is 27.1. The minimum atomic E-state index is -1.85. The fourth-order valence-corrected chi connectivity index (χ4v) is 8.30. The molecule has 26 nitrogen and oxygen atoms in total. The third-order valence-electron chi connectivity index (χ3n) is 13.1. The molecular weight excluding hydrogens is 957 g/mol. The number of aliphatic hydroxyl groups excluding tert-OH is 1. The van der Waals surface area contributed by atoms with Crippen molar-refractivity contribution in [3.8, 4) is 5.75 Å². The van der Waals surface area contributed by atoms with E-state index < -0.39 is 144 Å². The second-order valence-electron chi connectivity index (χ2n) is 19.1. The molecule has 0 radical (unpaired) electrons. The van der Waals surface area contributed by atoms with Crippen molar-refractivity contribution in [2.45, 2.75) is 147 Å². The van der Waals surface area contributed by atoms with Crippen LogP contribution in [0.1, 0.15) is 92.2 Å². The van der Waals surface area contributed by atoms with Crippen molar-refractivity contribution in [1.29, 1.82) is 5.41 Å². The van der Waals surface area contributed by atoms with Gasteiger partial charge in [0.2, 0.25) is 53.2 Å². The van der Waals surface area contributed by atoms with Crippen LogP contribution in [0.4, 0.5) is 0 Å². The van der Waals surface area contributed by atoms with Gasteiger partial charge in [-0.2, -0.15) is 0 Å². The summed E-state index contributed by atoms with van der Waals surface area (Å²) in [6, 6.07) is -7.10. The number of hydrogen-bond donors (Lipinski definition) is 12. The summed E-state index contributed by atoms with van der Waals surface area (Å²) in [6.07, 6.45) is -5.55. The molecule has 1 aromatic rings. The van der Waals surface area contributed by atoms with E-state index in [1.165, 1.54) is 59.3 Å². The van der Waals surface area contributed by atoms with Gasteiger partial charge in [0.05, 0.1) is 6.10 Å². The maximum atomic E-state index is 14.8. The first-order valence-corrected chi connectivity index (χ1v) is 24.0. The normalized spacial score (nSPS) is 28.2. The number of phenolic OH excluding ortho intramolecular Hbond substituents is 1. The highest BCUT2D eigenvalue weighted by Crippen LogP contribution is 2.27. The number of aliphatic hydroxyl groups is 1. The van der Waals surface area contributed by atoms with Gasteiger partial charge in [-0.15, -0.1) is 0 Å². The Morgan fingerprint density at radius 1 is 0.795 bits per heavy atom. The van der Waals surface area contributed by atoms with Gasteiger partial charge in [-0.25, -0.2) is 4.79 Å². The molecule has 2 aliphatic rings. The van der Waals surface area contributed by atoms with Crippen molar-refractivity contribution in [1.82, 2.24) is 47.0 Å². The third-order valence-corrected chi connectivity index (χ3v) is 13.1. The van der Waals surface area contributed by atoms with E-state index in [0.717, 1.165) is 16.7 Å². The van der Waals surface area contributed by atoms with Crippen LogP contribution in [0.5, 0.6) is 5.75 Å². The lowest BCUT2D eigenvalue weighted by molar-refractivity contribution is -0.161. The van der Waals surface area contributed by atoms with Crippen LogP contribution in [0.2, 0.25) is 0 Å². The number of ether oxygens (including phenoxy) is 2. The van der Waals surface area contributed by atoms with E-state index in [0.29, 0.717) is 0 Å². The first kappa shape index (κ1) is 60.2. The molecule has 0 bridgehead atoms. The van der Waals surface area contributed by atoms with E-state index >= 15 is 0 Å². The van der Waals surface area contributed by atoms with Gasteiger partial charge >= 0.3 is 5.97 Å². The molecule has 14 N–H and O–H groups in total. The molecule has 0 spiro atoms. The van der Waals surface area contributed by atoms with E-state index in [4.69, 9.17) is 26.4 Å². The molecule has 2 heterocycles. The fourth-order valence-electron chi connectivity index (χ4n) is 8.30. The van der Waals surface area contributed by atoms with Crippen LogP contribution < -0.4 is 48.7 Å². The molecule has 2 unspecified atom stereocenters. The number of phenols is 1. The Labute approximate surface area is 424 Å². The summed E-state index contributed by atoms with van der Waals surface area (Å²) < 4.78 is 11.5. The Hall–Kier alpha value is -7.09. The number of nitrogens with zero attached hydrogens (tertiary/aromatic N) is 2. The smallest absolute Gasteiger partial charge is 0.328 e. The maximum absolute atomic E-state index is 14.8. The molecule has 406 valence electrons. The Morgan fingerprint density at radius 2 is 1.40 bits per heavy atom. The van der Waals surface area contributed by atoms with Gasteiger partial charge < -0.3 is 78.2 Å². The molecule has 3 rings (SSSR count). The Morgan fingerprint density at radius 3 is 1.93 bits per heavy atom. The number of amides is 9. The first-order chi connectivity index (χ1) is 34.1. The van der Waals surface area contributed by atoms with Crippen molar-refractivity contribution < 1.29 is 67.6 Å². The van der Waals surface area contributed by atoms with Gasteiger partial charge in [-0.3, -0.25) is 48.6 Å². The van der Waals surface area contributed by atoms with E-state index in [2.05, 4.69) is 37.2 Å². The van der Waals surface area contributed by atoms with Gasteiger partial charge in [0, 0.05) is 40.1 Å². The SMILES string of the molecule is COC(c1ccc(O)cc1)C1NC(=O)[C@H](CCC(N)=O)N(C)C(=O)[C@H](CC(C)C)NC(=O)[C@@H](CCCNC(=N)N)NC(=O)[C@H]([C@@H](C)O)NC(=O)[C@@H](NC(=O)[C@H]2NC(=O)[C@H](C)[C@@H]2C)[C@@H](C)OC(=O)[C@H](C)N(C)C1=O. The van der Waals surface area contributed by atoms with E-state index in [9.17, 15) is 58.2 Å². The molecule has 9 amide bonds. The Kier molecular flexibility index (Phi) is 22.4. The number of rotatable bonds is 15. The zero-order valence-electron chi connectivity index (χ0n) is 43.0. The van der Waals surface area contributed by atoms with E-state index in [-0.39, 0.29) is 55.4 Å². The maximum Gasteiger partial charge on any atom is 0.328 e. The van der Waals surface area contributed by atoms with E-state index in [1.54, 1.807) is 27.7 Å². The molecular formula is C47H74N12O14. The number of carbonyl (C=O) groups excluding carboxylic acids is 10. The molecule has 13 atom stereocenters. The number of likely N-dealkylation sites (N-methyl/N-ethyl adjacent to an activating group) is 2. The van der Waals surface area contributed by atoms with Crippen LogP contribution in [0.3, 0.4) is 0 Å². The molecule has 0 aliphatic carbocycles. The minimum absolute atomic E-state index is 0.0298. The topological polar surface area (TPSA) is 396 Å². The average molecular weight is 1030 g/mol. The van der Waals surface area contributed by atoms with Crippen LogP contribution in [-0.2, 0) is 57.4 Å². The predicted octanol–water partition coefficient (Wildman–Crippen LogP) is -3.15. The summed E-state index contributed by atoms with van der Waals surface area (Å²) in [5.74, 6) is -11.3. The van der Waals surface area contributed by atoms with Crippen LogP contribution in [0, 0.1) is 23.2 Å². The number of hydrogen-bond acceptors (Lipinski definition) is 15. The van der Waals surface area contributed by atoms with Crippen LogP contribution in [0.25, 0.3) is 0 Å². The minimum Gasteiger partial charge on any atom is -0.508 e. The second-order valence-corrected chi connectivity index (χ2v) is 19.1. The number of methoxy groups -OCH3 is 1. The number of cyclic esters (lactones) is 1. The zero-order chi connectivity index (χ0) is 55.2. The Balaban J connectivity index is 2.29. The average Bonchev–Trinajstić information content (AvgIpc) is 3.58. The number of esters is 1. The van der Waals surface area contributed by atoms with Crippen molar-refractivity contribution in [3.63, 3.8) is 0 Å². The molecule has 0 aromatic heterocycles. The highest BCUT2D eigenvalue weighted by molar-refractivity contribution is 5.99. The number of carbonyl (C=O) groups is 10. The lowest BCUT2D eigenvalue weighted by Gasteiger charge is -2.36. The predicted molar refractivity (Wildman–Crippen MR) is 261 cm³/mol. The van der Waals surface area contributed by atoms with Crippen LogP contribution in [-0.4, -0.2) is 173 Å². The third kappa shape index (κ3) is 16.5. The van der Waals surface area contributed by atoms with Gasteiger partial charge in [0.15, 0.2) is 5.96 Å². The lowest BCUT2D eigenvalue weighted by Crippen LogP contribution is -2.64. The lowest BCUT2D eigenvalue weighted by atomic mass is 9.93. The van der Waals surface area contributed by atoms with Gasteiger partial charge in [-0.1, -0.05) is 39.8 Å². The summed E-state index contributed by atoms with van der Waals surface area (Å²) in [5, 5.41) is 46.4. The molecule has 2 aliphatic heterocycles. The van der Waals surface area contributed by atoms with E-state index in [1.807, 2.05) is 0 Å². The summed E-state index contributed by atoms with van der Waals surface area (Å²) >= 11 is 0. The highest BCUT2D eigenvalue weighted by Gasteiger charge is 2.45. The zero-order valence-corrected chi connectivity index (χ0v) is 43.0. The summed E-state index contributed by atoms with van der Waals surface area (Å²) in [5.41, 5.74) is 11.2. The number of benzene rings is 1. The van der Waals surface area contributed by atoms with Gasteiger partial charge in [0.1, 0.15) is 66.3 Å². The van der Waals surface area contributed by atoms with Crippen molar-refractivity contribution in [2.75, 3.05) is 27.7 Å². The van der Waals surface area contributed by atoms with Gasteiger partial charge in [0.25, 0.3) is 0 Å². The number of primary amides is 1. The number of guanidine groups is 1. The van der Waals surface area contributed by atoms with Crippen LogP contribution >= 0.6 is 0 Å². The molecule has 73 heavy (non-hydrogen) atoms. The summed E-state index contributed by atoms with van der Waals surface area (Å²) in [4.78, 5) is 141. The van der Waals surface area contributed by atoms with Crippen molar-refractivity contribution in [3.05, 3.63) is 29.8 Å². The molecule has 1 aromatic carbocycles. The summed E-state index contributed by atoms with van der Waals surface area (Å²) in [6.45, 7) is 10.4.